The molecule has 1 unspecified atom stereocenters. The number of nitrogens with one attached hydrogen (secondary N) is 1. The van der Waals surface area contributed by atoms with Crippen LogP contribution in [0, 0.1) is 0 Å². The molecule has 1 atom stereocenters. The lowest BCUT2D eigenvalue weighted by Gasteiger charge is -2.23. The van der Waals surface area contributed by atoms with Gasteiger partial charge in [-0.1, -0.05) is 19.1 Å². The highest BCUT2D eigenvalue weighted by molar-refractivity contribution is 5.88. The van der Waals surface area contributed by atoms with E-state index in [0.717, 1.165) is 36.9 Å². The molecule has 1 saturated heterocycles. The molecule has 2 rings (SSSR count). The van der Waals surface area contributed by atoms with Gasteiger partial charge in [0.1, 0.15) is 6.04 Å². The lowest BCUT2D eigenvalue weighted by atomic mass is 10.1. The summed E-state index contributed by atoms with van der Waals surface area (Å²) in [4.78, 5) is 26.0. The van der Waals surface area contributed by atoms with Gasteiger partial charge in [0.2, 0.25) is 11.8 Å². The van der Waals surface area contributed by atoms with E-state index in [1.165, 1.54) is 0 Å². The Hall–Kier alpha value is -2.04. The second-order valence-corrected chi connectivity index (χ2v) is 5.78. The van der Waals surface area contributed by atoms with Crippen LogP contribution in [0.3, 0.4) is 0 Å². The highest BCUT2D eigenvalue weighted by Crippen LogP contribution is 2.19. The van der Waals surface area contributed by atoms with Gasteiger partial charge in [0, 0.05) is 25.2 Å². The lowest BCUT2D eigenvalue weighted by molar-refractivity contribution is -0.138. The average molecular weight is 303 g/mol. The first-order chi connectivity index (χ1) is 10.6. The van der Waals surface area contributed by atoms with E-state index in [9.17, 15) is 9.59 Å². The molecule has 5 heteroatoms. The summed E-state index contributed by atoms with van der Waals surface area (Å²) >= 11 is 0. The molecule has 0 aromatic heterocycles. The van der Waals surface area contributed by atoms with Crippen LogP contribution < -0.4 is 11.1 Å². The smallest absolute Gasteiger partial charge is 0.242 e. The van der Waals surface area contributed by atoms with Crippen LogP contribution in [0.1, 0.15) is 38.2 Å². The number of hydrogen-bond donors (Lipinski definition) is 2. The zero-order valence-electron chi connectivity index (χ0n) is 13.2. The van der Waals surface area contributed by atoms with E-state index in [0.29, 0.717) is 19.5 Å². The van der Waals surface area contributed by atoms with Crippen LogP contribution in [-0.4, -0.2) is 35.8 Å². The van der Waals surface area contributed by atoms with E-state index in [1.54, 1.807) is 4.90 Å². The Morgan fingerprint density at radius 1 is 1.32 bits per heavy atom. The minimum absolute atomic E-state index is 0.0302. The van der Waals surface area contributed by atoms with E-state index in [4.69, 9.17) is 5.73 Å². The van der Waals surface area contributed by atoms with Gasteiger partial charge in [0.05, 0.1) is 0 Å². The molecule has 1 aliphatic rings. The number of likely N-dealkylation sites (tertiary alicyclic amines) is 1. The van der Waals surface area contributed by atoms with E-state index >= 15 is 0 Å². The third kappa shape index (κ3) is 4.23. The first kappa shape index (κ1) is 16.3. The van der Waals surface area contributed by atoms with Crippen molar-refractivity contribution >= 4 is 17.5 Å². The van der Waals surface area contributed by atoms with Crippen molar-refractivity contribution < 1.29 is 9.59 Å². The summed E-state index contributed by atoms with van der Waals surface area (Å²) in [6, 6.07) is 7.37. The Labute approximate surface area is 131 Å². The number of hydrogen-bond acceptors (Lipinski definition) is 3. The summed E-state index contributed by atoms with van der Waals surface area (Å²) in [7, 11) is 0. The second kappa shape index (κ2) is 7.82. The topological polar surface area (TPSA) is 75.4 Å². The minimum Gasteiger partial charge on any atom is -0.399 e. The van der Waals surface area contributed by atoms with Crippen LogP contribution in [0.4, 0.5) is 5.69 Å². The molecule has 0 aliphatic carbocycles. The predicted molar refractivity (Wildman–Crippen MR) is 87.2 cm³/mol. The molecule has 0 spiro atoms. The van der Waals surface area contributed by atoms with E-state index in [1.807, 2.05) is 31.2 Å². The summed E-state index contributed by atoms with van der Waals surface area (Å²) in [5.41, 5.74) is 7.53. The normalized spacial score (nSPS) is 17.5. The number of carbonyl (C=O) groups is 2. The monoisotopic (exact) mass is 303 g/mol. The van der Waals surface area contributed by atoms with Gasteiger partial charge in [-0.3, -0.25) is 9.59 Å². The van der Waals surface area contributed by atoms with Crippen molar-refractivity contribution in [1.82, 2.24) is 10.2 Å². The Morgan fingerprint density at radius 3 is 2.73 bits per heavy atom. The number of amides is 2. The highest BCUT2D eigenvalue weighted by atomic mass is 16.2. The van der Waals surface area contributed by atoms with Crippen molar-refractivity contribution in [3.63, 3.8) is 0 Å². The minimum atomic E-state index is -0.287. The molecule has 5 nitrogen and oxygen atoms in total. The summed E-state index contributed by atoms with van der Waals surface area (Å²) < 4.78 is 0. The van der Waals surface area contributed by atoms with Gasteiger partial charge in [-0.25, -0.2) is 0 Å². The van der Waals surface area contributed by atoms with E-state index in [2.05, 4.69) is 5.32 Å². The quantitative estimate of drug-likeness (QED) is 0.786. The maximum Gasteiger partial charge on any atom is 0.242 e. The van der Waals surface area contributed by atoms with Crippen molar-refractivity contribution in [3.05, 3.63) is 29.8 Å². The molecule has 1 fully saturated rings. The van der Waals surface area contributed by atoms with Crippen molar-refractivity contribution in [2.45, 2.75) is 45.1 Å². The molecule has 2 amide bonds. The summed E-state index contributed by atoms with van der Waals surface area (Å²) in [5, 5.41) is 2.95. The van der Waals surface area contributed by atoms with Crippen LogP contribution in [-0.2, 0) is 16.0 Å². The molecule has 0 radical (unpaired) electrons. The predicted octanol–water partition coefficient (Wildman–Crippen LogP) is 1.72. The van der Waals surface area contributed by atoms with Crippen LogP contribution in [0.5, 0.6) is 0 Å². The van der Waals surface area contributed by atoms with Crippen LogP contribution in [0.15, 0.2) is 24.3 Å². The molecule has 1 heterocycles. The van der Waals surface area contributed by atoms with Crippen molar-refractivity contribution in [2.24, 2.45) is 0 Å². The third-order valence-corrected chi connectivity index (χ3v) is 4.03. The standard InChI is InChI=1S/C17H25N3O2/c1-2-4-16(21)20-12-3-5-15(20)17(22)19-11-10-13-6-8-14(18)9-7-13/h6-9,15H,2-5,10-12,18H2,1H3,(H,19,22). The second-order valence-electron chi connectivity index (χ2n) is 5.78. The van der Waals surface area contributed by atoms with Crippen LogP contribution in [0.25, 0.3) is 0 Å². The number of rotatable bonds is 6. The van der Waals surface area contributed by atoms with Gasteiger partial charge in [0.15, 0.2) is 0 Å². The number of nitrogens with two attached hydrogens (primary N) is 1. The number of nitrogens with zero attached hydrogens (tertiary/aromatic N) is 1. The maximum absolute atomic E-state index is 12.3. The summed E-state index contributed by atoms with van der Waals surface area (Å²) in [6.07, 6.45) is 3.78. The number of nitrogen functional groups attached to an aromatic ring is 1. The molecule has 0 saturated carbocycles. The lowest BCUT2D eigenvalue weighted by Crippen LogP contribution is -2.46. The first-order valence-corrected chi connectivity index (χ1v) is 8.03. The summed E-state index contributed by atoms with van der Waals surface area (Å²) in [5.74, 6) is 0.0658. The van der Waals surface area contributed by atoms with Crippen molar-refractivity contribution in [3.8, 4) is 0 Å². The van der Waals surface area contributed by atoms with Gasteiger partial charge in [-0.15, -0.1) is 0 Å². The average Bonchev–Trinajstić information content (AvgIpc) is 2.99. The number of anilines is 1. The van der Waals surface area contributed by atoms with Gasteiger partial charge in [-0.2, -0.15) is 0 Å². The highest BCUT2D eigenvalue weighted by Gasteiger charge is 2.33. The third-order valence-electron chi connectivity index (χ3n) is 4.03. The van der Waals surface area contributed by atoms with Crippen LogP contribution >= 0.6 is 0 Å². The van der Waals surface area contributed by atoms with Gasteiger partial charge >= 0.3 is 0 Å². The van der Waals surface area contributed by atoms with Gasteiger partial charge < -0.3 is 16.0 Å². The Bertz CT molecular complexity index is 513. The fourth-order valence-electron chi connectivity index (χ4n) is 2.83. The number of benzene rings is 1. The zero-order chi connectivity index (χ0) is 15.9. The van der Waals surface area contributed by atoms with E-state index < -0.39 is 0 Å². The summed E-state index contributed by atoms with van der Waals surface area (Å²) in [6.45, 7) is 3.26. The molecule has 3 N–H and O–H groups in total. The number of carbonyl (C=O) groups excluding carboxylic acids is 2. The first-order valence-electron chi connectivity index (χ1n) is 8.03. The Kier molecular flexibility index (Phi) is 5.81. The molecule has 1 aromatic rings. The molecular formula is C17H25N3O2. The van der Waals surface area contributed by atoms with Gasteiger partial charge in [-0.05, 0) is 43.4 Å². The molecule has 1 aliphatic heterocycles. The molecule has 22 heavy (non-hydrogen) atoms. The fourth-order valence-corrected chi connectivity index (χ4v) is 2.83. The van der Waals surface area contributed by atoms with Crippen LogP contribution in [0.2, 0.25) is 0 Å². The van der Waals surface area contributed by atoms with Crippen molar-refractivity contribution in [2.75, 3.05) is 18.8 Å². The van der Waals surface area contributed by atoms with Crippen molar-refractivity contribution in [1.29, 1.82) is 0 Å². The Balaban J connectivity index is 1.81. The van der Waals surface area contributed by atoms with Gasteiger partial charge in [0.25, 0.3) is 0 Å². The molecular weight excluding hydrogens is 278 g/mol. The van der Waals surface area contributed by atoms with E-state index in [-0.39, 0.29) is 17.9 Å². The largest absolute Gasteiger partial charge is 0.399 e. The SMILES string of the molecule is CCCC(=O)N1CCCC1C(=O)NCCc1ccc(N)cc1. The Morgan fingerprint density at radius 2 is 2.05 bits per heavy atom. The molecule has 120 valence electrons. The molecule has 1 aromatic carbocycles. The molecule has 0 bridgehead atoms. The maximum atomic E-state index is 12.3. The fraction of sp³-hybridized carbons (Fsp3) is 0.529. The zero-order valence-corrected chi connectivity index (χ0v) is 13.2.